The first-order chi connectivity index (χ1) is 9.17. The van der Waals surface area contributed by atoms with Crippen LogP contribution in [0.2, 0.25) is 0 Å². The Morgan fingerprint density at radius 2 is 2.26 bits per heavy atom. The average Bonchev–Trinajstić information content (AvgIpc) is 2.46. The van der Waals surface area contributed by atoms with Gasteiger partial charge in [-0.15, -0.1) is 0 Å². The standard InChI is InChI=1S/C12H16N2O5/c15-6-9-1-2-11(12(5-9)14(17)18)13-3-4-19-8-10(13)7-16/h1-2,5,10,15-16H,3-4,6-8H2. The van der Waals surface area contributed by atoms with Crippen molar-refractivity contribution in [3.8, 4) is 0 Å². The molecule has 0 radical (unpaired) electrons. The van der Waals surface area contributed by atoms with Gasteiger partial charge < -0.3 is 19.8 Å². The third-order valence-corrected chi connectivity index (χ3v) is 3.17. The summed E-state index contributed by atoms with van der Waals surface area (Å²) in [5, 5.41) is 29.5. The van der Waals surface area contributed by atoms with Gasteiger partial charge in [0, 0.05) is 12.6 Å². The van der Waals surface area contributed by atoms with Gasteiger partial charge in [0.2, 0.25) is 0 Å². The van der Waals surface area contributed by atoms with Crippen LogP contribution in [0.15, 0.2) is 18.2 Å². The van der Waals surface area contributed by atoms with E-state index in [2.05, 4.69) is 0 Å². The lowest BCUT2D eigenvalue weighted by molar-refractivity contribution is -0.384. The lowest BCUT2D eigenvalue weighted by Gasteiger charge is -2.35. The molecule has 1 saturated heterocycles. The molecule has 0 saturated carbocycles. The first-order valence-corrected chi connectivity index (χ1v) is 6.00. The number of morpholine rings is 1. The zero-order valence-electron chi connectivity index (χ0n) is 10.4. The number of hydrogen-bond acceptors (Lipinski definition) is 6. The largest absolute Gasteiger partial charge is 0.394 e. The zero-order chi connectivity index (χ0) is 13.8. The van der Waals surface area contributed by atoms with Gasteiger partial charge in [0.1, 0.15) is 5.69 Å². The predicted molar refractivity (Wildman–Crippen MR) is 68.1 cm³/mol. The third kappa shape index (κ3) is 2.83. The van der Waals surface area contributed by atoms with Crippen LogP contribution in [-0.2, 0) is 11.3 Å². The van der Waals surface area contributed by atoms with Crippen LogP contribution in [-0.4, -0.2) is 47.5 Å². The Morgan fingerprint density at radius 1 is 1.47 bits per heavy atom. The van der Waals surface area contributed by atoms with Crippen molar-refractivity contribution in [3.63, 3.8) is 0 Å². The summed E-state index contributed by atoms with van der Waals surface area (Å²) in [7, 11) is 0. The maximum Gasteiger partial charge on any atom is 0.292 e. The van der Waals surface area contributed by atoms with Gasteiger partial charge in [-0.25, -0.2) is 0 Å². The normalized spacial score (nSPS) is 19.5. The Kier molecular flexibility index (Phi) is 4.31. The van der Waals surface area contributed by atoms with Crippen LogP contribution in [0.4, 0.5) is 11.4 Å². The Labute approximate surface area is 110 Å². The molecule has 1 atom stereocenters. The highest BCUT2D eigenvalue weighted by atomic mass is 16.6. The molecule has 0 aromatic heterocycles. The second-order valence-electron chi connectivity index (χ2n) is 4.34. The van der Waals surface area contributed by atoms with Gasteiger partial charge in [0.25, 0.3) is 5.69 Å². The lowest BCUT2D eigenvalue weighted by Crippen LogP contribution is -2.47. The van der Waals surface area contributed by atoms with Crippen LogP contribution in [0.25, 0.3) is 0 Å². The topological polar surface area (TPSA) is 96.1 Å². The van der Waals surface area contributed by atoms with E-state index >= 15 is 0 Å². The van der Waals surface area contributed by atoms with E-state index in [4.69, 9.17) is 9.84 Å². The minimum atomic E-state index is -0.474. The van der Waals surface area contributed by atoms with Crippen LogP contribution in [0, 0.1) is 10.1 Å². The zero-order valence-corrected chi connectivity index (χ0v) is 10.4. The molecule has 7 heteroatoms. The molecule has 7 nitrogen and oxygen atoms in total. The van der Waals surface area contributed by atoms with Crippen molar-refractivity contribution in [2.45, 2.75) is 12.6 Å². The van der Waals surface area contributed by atoms with Crippen molar-refractivity contribution in [1.29, 1.82) is 0 Å². The highest BCUT2D eigenvalue weighted by molar-refractivity contribution is 5.65. The SMILES string of the molecule is O=[N+]([O-])c1cc(CO)ccc1N1CCOCC1CO. The van der Waals surface area contributed by atoms with E-state index < -0.39 is 4.92 Å². The molecule has 2 rings (SSSR count). The minimum absolute atomic E-state index is 0.0631. The highest BCUT2D eigenvalue weighted by Gasteiger charge is 2.28. The molecule has 0 amide bonds. The van der Waals surface area contributed by atoms with E-state index in [0.29, 0.717) is 31.0 Å². The number of hydrogen-bond donors (Lipinski definition) is 2. The second kappa shape index (κ2) is 5.96. The van der Waals surface area contributed by atoms with Gasteiger partial charge in [-0.05, 0) is 11.6 Å². The number of aliphatic hydroxyl groups is 2. The molecular formula is C12H16N2O5. The fraction of sp³-hybridized carbons (Fsp3) is 0.500. The van der Waals surface area contributed by atoms with E-state index in [1.807, 2.05) is 0 Å². The van der Waals surface area contributed by atoms with Gasteiger partial charge >= 0.3 is 0 Å². The maximum atomic E-state index is 11.1. The smallest absolute Gasteiger partial charge is 0.292 e. The summed E-state index contributed by atoms with van der Waals surface area (Å²) in [4.78, 5) is 12.4. The highest BCUT2D eigenvalue weighted by Crippen LogP contribution is 2.31. The third-order valence-electron chi connectivity index (χ3n) is 3.17. The molecule has 1 unspecified atom stereocenters. The van der Waals surface area contributed by atoms with Crippen LogP contribution in [0.5, 0.6) is 0 Å². The summed E-state index contributed by atoms with van der Waals surface area (Å²) in [6.45, 7) is 0.932. The molecule has 0 spiro atoms. The monoisotopic (exact) mass is 268 g/mol. The number of nitrogens with zero attached hydrogens (tertiary/aromatic N) is 2. The van der Waals surface area contributed by atoms with Crippen molar-refractivity contribution >= 4 is 11.4 Å². The molecule has 104 valence electrons. The molecule has 0 aliphatic carbocycles. The number of rotatable bonds is 4. The van der Waals surface area contributed by atoms with E-state index in [9.17, 15) is 15.2 Å². The Morgan fingerprint density at radius 3 is 2.89 bits per heavy atom. The Balaban J connectivity index is 2.39. The lowest BCUT2D eigenvalue weighted by atomic mass is 10.1. The van der Waals surface area contributed by atoms with Gasteiger partial charge in [-0.2, -0.15) is 0 Å². The van der Waals surface area contributed by atoms with E-state index in [1.165, 1.54) is 6.07 Å². The molecule has 0 bridgehead atoms. The van der Waals surface area contributed by atoms with Gasteiger partial charge in [0.15, 0.2) is 0 Å². The number of benzene rings is 1. The number of ether oxygens (including phenoxy) is 1. The molecule has 1 aliphatic heterocycles. The number of nitro groups is 1. The summed E-state index contributed by atoms with van der Waals surface area (Å²) in [5.74, 6) is 0. The molecule has 2 N–H and O–H groups in total. The van der Waals surface area contributed by atoms with Crippen molar-refractivity contribution in [3.05, 3.63) is 33.9 Å². The molecule has 1 aromatic carbocycles. The van der Waals surface area contributed by atoms with E-state index in [-0.39, 0.29) is 24.9 Å². The summed E-state index contributed by atoms with van der Waals surface area (Å²) < 4.78 is 5.26. The van der Waals surface area contributed by atoms with E-state index in [0.717, 1.165) is 0 Å². The second-order valence-corrected chi connectivity index (χ2v) is 4.34. The molecule has 1 fully saturated rings. The fourth-order valence-electron chi connectivity index (χ4n) is 2.18. The number of anilines is 1. The quantitative estimate of drug-likeness (QED) is 0.601. The van der Waals surface area contributed by atoms with Crippen LogP contribution in [0.1, 0.15) is 5.56 Å². The first kappa shape index (κ1) is 13.7. The average molecular weight is 268 g/mol. The van der Waals surface area contributed by atoms with Crippen LogP contribution in [0.3, 0.4) is 0 Å². The molecule has 1 heterocycles. The molecule has 1 aromatic rings. The fourth-order valence-corrected chi connectivity index (χ4v) is 2.18. The molecule has 19 heavy (non-hydrogen) atoms. The van der Waals surface area contributed by atoms with Crippen LogP contribution < -0.4 is 4.90 Å². The summed E-state index contributed by atoms with van der Waals surface area (Å²) in [6, 6.07) is 4.33. The number of nitro benzene ring substituents is 1. The van der Waals surface area contributed by atoms with Crippen molar-refractivity contribution in [1.82, 2.24) is 0 Å². The van der Waals surface area contributed by atoms with Crippen molar-refractivity contribution in [2.75, 3.05) is 31.3 Å². The maximum absolute atomic E-state index is 11.1. The Bertz CT molecular complexity index is 465. The summed E-state index contributed by atoms with van der Waals surface area (Å²) in [5.41, 5.74) is 0.876. The molecule has 1 aliphatic rings. The van der Waals surface area contributed by atoms with Crippen molar-refractivity contribution < 1.29 is 19.9 Å². The van der Waals surface area contributed by atoms with Gasteiger partial charge in [-0.3, -0.25) is 10.1 Å². The Hall–Kier alpha value is -1.70. The summed E-state index contributed by atoms with van der Waals surface area (Å²) >= 11 is 0. The minimum Gasteiger partial charge on any atom is -0.394 e. The van der Waals surface area contributed by atoms with Crippen molar-refractivity contribution in [2.24, 2.45) is 0 Å². The number of aliphatic hydroxyl groups excluding tert-OH is 2. The predicted octanol–water partition coefficient (Wildman–Crippen LogP) is 0.285. The van der Waals surface area contributed by atoms with Gasteiger partial charge in [0.05, 0.1) is 37.4 Å². The first-order valence-electron chi connectivity index (χ1n) is 6.00. The molecular weight excluding hydrogens is 252 g/mol. The summed E-state index contributed by atoms with van der Waals surface area (Å²) in [6.07, 6.45) is 0. The van der Waals surface area contributed by atoms with E-state index in [1.54, 1.807) is 17.0 Å². The van der Waals surface area contributed by atoms with Crippen LogP contribution >= 0.6 is 0 Å². The van der Waals surface area contributed by atoms with Gasteiger partial charge in [-0.1, -0.05) is 6.07 Å².